The molecule has 0 fully saturated rings. The van der Waals surface area contributed by atoms with Crippen molar-refractivity contribution in [2.24, 2.45) is 0 Å². The highest BCUT2D eigenvalue weighted by Crippen LogP contribution is 2.30. The second kappa shape index (κ2) is 5.94. The Morgan fingerprint density at radius 3 is 2.91 bits per heavy atom. The normalized spacial score (nSPS) is 14.4. The summed E-state index contributed by atoms with van der Waals surface area (Å²) in [6.07, 6.45) is 0.548. The zero-order chi connectivity index (χ0) is 16.6. The fraction of sp³-hybridized carbons (Fsp3) is 0.286. The number of nitro benzene ring substituents is 1. The molecule has 2 heterocycles. The van der Waals surface area contributed by atoms with Gasteiger partial charge in [-0.1, -0.05) is 12.1 Å². The van der Waals surface area contributed by atoms with E-state index in [2.05, 4.69) is 9.97 Å². The van der Waals surface area contributed by atoms with E-state index in [1.54, 1.807) is 12.1 Å². The molecule has 3 N–H and O–H groups in total. The van der Waals surface area contributed by atoms with Gasteiger partial charge in [-0.15, -0.1) is 0 Å². The minimum atomic E-state index is -0.610. The zero-order valence-electron chi connectivity index (χ0n) is 12.0. The molecule has 0 aliphatic carbocycles. The molecule has 1 aromatic carbocycles. The number of aromatic amines is 2. The number of benzene rings is 1. The lowest BCUT2D eigenvalue weighted by molar-refractivity contribution is -0.385. The second-order valence-corrected chi connectivity index (χ2v) is 5.78. The fourth-order valence-corrected chi connectivity index (χ4v) is 2.98. The lowest BCUT2D eigenvalue weighted by atomic mass is 10.1. The predicted octanol–water partition coefficient (Wildman–Crippen LogP) is 1.60. The molecule has 2 aromatic rings. The van der Waals surface area contributed by atoms with Gasteiger partial charge >= 0.3 is 5.69 Å². The molecule has 0 saturated heterocycles. The number of hydrogen-bond donors (Lipinski definition) is 3. The number of fused-ring (bicyclic) bond motifs is 1. The van der Waals surface area contributed by atoms with Gasteiger partial charge in [-0.3, -0.25) is 24.8 Å². The van der Waals surface area contributed by atoms with Crippen LogP contribution in [0.5, 0.6) is 5.75 Å². The summed E-state index contributed by atoms with van der Waals surface area (Å²) in [6, 6.07) is 4.46. The molecule has 1 aliphatic heterocycles. The second-order valence-electron chi connectivity index (χ2n) is 5.37. The molecular formula is C14H14N4O4S. The Morgan fingerprint density at radius 2 is 2.17 bits per heavy atom. The molecule has 8 nitrogen and oxygen atoms in total. The summed E-state index contributed by atoms with van der Waals surface area (Å²) < 4.78 is 0.272. The van der Waals surface area contributed by atoms with Crippen molar-refractivity contribution in [3.63, 3.8) is 0 Å². The molecule has 0 spiro atoms. The Balaban J connectivity index is 1.86. The highest BCUT2D eigenvalue weighted by atomic mass is 32.1. The number of rotatable bonds is 3. The Bertz CT molecular complexity index is 889. The van der Waals surface area contributed by atoms with Crippen molar-refractivity contribution >= 4 is 17.9 Å². The quantitative estimate of drug-likeness (QED) is 0.446. The lowest BCUT2D eigenvalue weighted by Gasteiger charge is -2.27. The number of para-hydroxylation sites is 1. The Morgan fingerprint density at radius 1 is 1.39 bits per heavy atom. The third kappa shape index (κ3) is 3.01. The van der Waals surface area contributed by atoms with E-state index in [1.807, 2.05) is 4.90 Å². The molecule has 3 rings (SSSR count). The largest absolute Gasteiger partial charge is 0.502 e. The third-order valence-electron chi connectivity index (χ3n) is 3.88. The fourth-order valence-electron chi connectivity index (χ4n) is 2.76. The van der Waals surface area contributed by atoms with E-state index in [9.17, 15) is 20.0 Å². The van der Waals surface area contributed by atoms with Gasteiger partial charge in [0.25, 0.3) is 5.56 Å². The van der Waals surface area contributed by atoms with Crippen LogP contribution in [-0.2, 0) is 19.5 Å². The molecule has 1 aliphatic rings. The first-order valence-electron chi connectivity index (χ1n) is 6.97. The van der Waals surface area contributed by atoms with Crippen LogP contribution >= 0.6 is 12.2 Å². The lowest BCUT2D eigenvalue weighted by Crippen LogP contribution is -2.34. The van der Waals surface area contributed by atoms with Gasteiger partial charge in [0, 0.05) is 42.5 Å². The molecular weight excluding hydrogens is 320 g/mol. The zero-order valence-corrected chi connectivity index (χ0v) is 12.9. The number of phenolic OH excluding ortho intramolecular Hbond substituents is 1. The summed E-state index contributed by atoms with van der Waals surface area (Å²) in [5.41, 5.74) is 1.41. The first kappa shape index (κ1) is 15.4. The highest BCUT2D eigenvalue weighted by Gasteiger charge is 2.22. The van der Waals surface area contributed by atoms with Crippen LogP contribution in [0.1, 0.15) is 16.8 Å². The number of aromatic nitrogens is 2. The maximum Gasteiger partial charge on any atom is 0.311 e. The van der Waals surface area contributed by atoms with Crippen LogP contribution in [0.25, 0.3) is 0 Å². The van der Waals surface area contributed by atoms with Crippen molar-refractivity contribution in [2.45, 2.75) is 19.5 Å². The van der Waals surface area contributed by atoms with E-state index >= 15 is 0 Å². The van der Waals surface area contributed by atoms with Crippen LogP contribution < -0.4 is 5.56 Å². The van der Waals surface area contributed by atoms with Gasteiger partial charge in [0.15, 0.2) is 10.5 Å². The van der Waals surface area contributed by atoms with Crippen LogP contribution in [0, 0.1) is 14.9 Å². The molecule has 9 heteroatoms. The van der Waals surface area contributed by atoms with Crippen LogP contribution in [0.15, 0.2) is 23.0 Å². The number of phenols is 1. The molecule has 0 amide bonds. The van der Waals surface area contributed by atoms with Crippen molar-refractivity contribution in [3.05, 3.63) is 60.3 Å². The summed E-state index contributed by atoms with van der Waals surface area (Å²) >= 11 is 4.98. The predicted molar refractivity (Wildman–Crippen MR) is 84.8 cm³/mol. The molecule has 0 atom stereocenters. The topological polar surface area (TPSA) is 115 Å². The number of nitrogens with one attached hydrogen (secondary N) is 2. The van der Waals surface area contributed by atoms with Crippen molar-refractivity contribution in [1.29, 1.82) is 0 Å². The van der Waals surface area contributed by atoms with E-state index in [0.29, 0.717) is 37.2 Å². The van der Waals surface area contributed by atoms with Crippen molar-refractivity contribution < 1.29 is 10.0 Å². The monoisotopic (exact) mass is 334 g/mol. The van der Waals surface area contributed by atoms with Gasteiger partial charge in [-0.25, -0.2) is 0 Å². The molecule has 0 radical (unpaired) electrons. The Hall–Kier alpha value is -2.52. The van der Waals surface area contributed by atoms with Gasteiger partial charge in [-0.05, 0) is 18.6 Å². The van der Waals surface area contributed by atoms with Gasteiger partial charge in [-0.2, -0.15) is 0 Å². The van der Waals surface area contributed by atoms with Crippen LogP contribution in [0.3, 0.4) is 0 Å². The molecule has 0 bridgehead atoms. The van der Waals surface area contributed by atoms with E-state index in [4.69, 9.17) is 12.2 Å². The Kier molecular flexibility index (Phi) is 3.97. The summed E-state index contributed by atoms with van der Waals surface area (Å²) in [7, 11) is 0. The van der Waals surface area contributed by atoms with Gasteiger partial charge in [0.2, 0.25) is 0 Å². The summed E-state index contributed by atoms with van der Waals surface area (Å²) in [5.74, 6) is -0.317. The maximum atomic E-state index is 11.8. The number of nitrogens with zero attached hydrogens (tertiary/aromatic N) is 2. The number of H-pyrrole nitrogens is 2. The maximum absolute atomic E-state index is 11.8. The molecule has 23 heavy (non-hydrogen) atoms. The standard InChI is InChI=1S/C14H14N4O4S/c19-12-8(2-1-3-11(12)18(21)22)6-17-5-4-9-10(7-17)15-14(23)16-13(9)20/h1-3,19H,4-7H2,(H2,15,16,20,23). The average Bonchev–Trinajstić information content (AvgIpc) is 2.48. The highest BCUT2D eigenvalue weighted by molar-refractivity contribution is 7.71. The molecule has 0 saturated carbocycles. The van der Waals surface area contributed by atoms with Gasteiger partial charge < -0.3 is 10.1 Å². The van der Waals surface area contributed by atoms with Crippen LogP contribution in [0.2, 0.25) is 0 Å². The van der Waals surface area contributed by atoms with Gasteiger partial charge in [0.1, 0.15) is 0 Å². The van der Waals surface area contributed by atoms with Crippen molar-refractivity contribution in [2.75, 3.05) is 6.54 Å². The minimum Gasteiger partial charge on any atom is -0.502 e. The van der Waals surface area contributed by atoms with Crippen LogP contribution in [-0.4, -0.2) is 31.4 Å². The number of nitro groups is 1. The molecule has 0 unspecified atom stereocenters. The SMILES string of the molecule is O=c1[nH]c(=S)[nH]c2c1CCN(Cc1cccc([N+](=O)[O-])c1O)C2. The molecule has 120 valence electrons. The third-order valence-corrected chi connectivity index (χ3v) is 4.08. The summed E-state index contributed by atoms with van der Waals surface area (Å²) in [6.45, 7) is 1.42. The van der Waals surface area contributed by atoms with Crippen molar-refractivity contribution in [1.82, 2.24) is 14.9 Å². The van der Waals surface area contributed by atoms with E-state index in [0.717, 1.165) is 5.69 Å². The Labute approximate surface area is 135 Å². The number of hydrogen-bond acceptors (Lipinski definition) is 6. The smallest absolute Gasteiger partial charge is 0.311 e. The van der Waals surface area contributed by atoms with E-state index in [1.165, 1.54) is 6.07 Å². The first-order valence-corrected chi connectivity index (χ1v) is 7.38. The summed E-state index contributed by atoms with van der Waals surface area (Å²) in [5, 5.41) is 20.9. The van der Waals surface area contributed by atoms with Gasteiger partial charge in [0.05, 0.1) is 4.92 Å². The minimum absolute atomic E-state index is 0.179. The number of aromatic hydroxyl groups is 1. The first-order chi connectivity index (χ1) is 11.0. The average molecular weight is 334 g/mol. The summed E-state index contributed by atoms with van der Waals surface area (Å²) in [4.78, 5) is 29.6. The van der Waals surface area contributed by atoms with Crippen LogP contribution in [0.4, 0.5) is 5.69 Å². The van der Waals surface area contributed by atoms with Crippen molar-refractivity contribution in [3.8, 4) is 5.75 Å². The van der Waals surface area contributed by atoms with E-state index in [-0.39, 0.29) is 21.8 Å². The molecule has 1 aromatic heterocycles. The van der Waals surface area contributed by atoms with E-state index < -0.39 is 4.92 Å².